The smallest absolute Gasteiger partial charge is 0.247 e. The SMILES string of the molecule is CC(C)n1ncc2c1OCC(N)C(=O)N2C. The summed E-state index contributed by atoms with van der Waals surface area (Å²) >= 11 is 0. The molecule has 0 aromatic carbocycles. The second-order valence-electron chi connectivity index (χ2n) is 4.19. The van der Waals surface area contributed by atoms with Gasteiger partial charge in [-0.1, -0.05) is 0 Å². The normalized spacial score (nSPS) is 20.7. The molecule has 1 aromatic rings. The van der Waals surface area contributed by atoms with Gasteiger partial charge in [-0.25, -0.2) is 4.68 Å². The standard InChI is InChI=1S/C10H16N4O2/c1-6(2)14-10-8(4-12-14)13(3)9(15)7(11)5-16-10/h4,6-7H,5,11H2,1-3H3. The van der Waals surface area contributed by atoms with Crippen molar-refractivity contribution in [2.75, 3.05) is 18.6 Å². The van der Waals surface area contributed by atoms with E-state index in [1.54, 1.807) is 17.9 Å². The highest BCUT2D eigenvalue weighted by Gasteiger charge is 2.29. The van der Waals surface area contributed by atoms with Crippen LogP contribution in [0.25, 0.3) is 0 Å². The number of carbonyl (C=O) groups excluding carboxylic acids is 1. The summed E-state index contributed by atoms with van der Waals surface area (Å²) in [4.78, 5) is 13.3. The lowest BCUT2D eigenvalue weighted by Crippen LogP contribution is -2.43. The van der Waals surface area contributed by atoms with Gasteiger partial charge in [-0.3, -0.25) is 4.79 Å². The summed E-state index contributed by atoms with van der Waals surface area (Å²) in [5, 5.41) is 4.21. The average molecular weight is 224 g/mol. The third-order valence-electron chi connectivity index (χ3n) is 2.63. The number of hydrogen-bond acceptors (Lipinski definition) is 4. The lowest BCUT2D eigenvalue weighted by Gasteiger charge is -2.14. The first-order valence-corrected chi connectivity index (χ1v) is 5.25. The van der Waals surface area contributed by atoms with E-state index in [2.05, 4.69) is 5.10 Å². The number of hydrogen-bond donors (Lipinski definition) is 1. The number of ether oxygens (including phenoxy) is 1. The van der Waals surface area contributed by atoms with E-state index in [0.717, 1.165) is 0 Å². The van der Waals surface area contributed by atoms with Crippen LogP contribution in [0.15, 0.2) is 6.20 Å². The monoisotopic (exact) mass is 224 g/mol. The Kier molecular flexibility index (Phi) is 2.59. The third-order valence-corrected chi connectivity index (χ3v) is 2.63. The van der Waals surface area contributed by atoms with Gasteiger partial charge in [0.05, 0.1) is 12.2 Å². The summed E-state index contributed by atoms with van der Waals surface area (Å²) in [6.07, 6.45) is 1.63. The van der Waals surface area contributed by atoms with Crippen molar-refractivity contribution in [3.63, 3.8) is 0 Å². The third kappa shape index (κ3) is 1.55. The van der Waals surface area contributed by atoms with Gasteiger partial charge in [0.2, 0.25) is 11.8 Å². The number of nitrogens with zero attached hydrogens (tertiary/aromatic N) is 3. The van der Waals surface area contributed by atoms with Crippen LogP contribution in [0, 0.1) is 0 Å². The van der Waals surface area contributed by atoms with Gasteiger partial charge in [0.1, 0.15) is 18.3 Å². The predicted octanol–water partition coefficient (Wildman–Crippen LogP) is 0.147. The quantitative estimate of drug-likeness (QED) is 0.736. The summed E-state index contributed by atoms with van der Waals surface area (Å²) < 4.78 is 7.29. The van der Waals surface area contributed by atoms with Crippen molar-refractivity contribution in [1.29, 1.82) is 0 Å². The van der Waals surface area contributed by atoms with Crippen molar-refractivity contribution in [3.05, 3.63) is 6.20 Å². The molecule has 0 spiro atoms. The van der Waals surface area contributed by atoms with Crippen molar-refractivity contribution >= 4 is 11.6 Å². The van der Waals surface area contributed by atoms with Crippen LogP contribution in [0.3, 0.4) is 0 Å². The second kappa shape index (κ2) is 3.79. The molecule has 1 aromatic heterocycles. The number of fused-ring (bicyclic) bond motifs is 1. The molecule has 0 radical (unpaired) electrons. The Morgan fingerprint density at radius 3 is 2.94 bits per heavy atom. The maximum Gasteiger partial charge on any atom is 0.247 e. The molecule has 2 heterocycles. The van der Waals surface area contributed by atoms with Gasteiger partial charge in [-0.15, -0.1) is 0 Å². The maximum atomic E-state index is 11.8. The molecule has 6 nitrogen and oxygen atoms in total. The lowest BCUT2D eigenvalue weighted by atomic mass is 10.3. The summed E-state index contributed by atoms with van der Waals surface area (Å²) in [6, 6.07) is -0.431. The van der Waals surface area contributed by atoms with Crippen molar-refractivity contribution in [2.24, 2.45) is 5.73 Å². The number of likely N-dealkylation sites (N-methyl/N-ethyl adjacent to an activating group) is 1. The highest BCUT2D eigenvalue weighted by atomic mass is 16.5. The first-order valence-electron chi connectivity index (χ1n) is 5.25. The first kappa shape index (κ1) is 10.9. The Bertz CT molecular complexity index is 413. The maximum absolute atomic E-state index is 11.8. The number of nitrogens with two attached hydrogens (primary N) is 1. The molecular formula is C10H16N4O2. The number of anilines is 1. The molecule has 0 bridgehead atoms. The van der Waals surface area contributed by atoms with E-state index in [9.17, 15) is 4.79 Å². The van der Waals surface area contributed by atoms with E-state index < -0.39 is 6.04 Å². The highest BCUT2D eigenvalue weighted by molar-refractivity contribution is 5.98. The van der Waals surface area contributed by atoms with Crippen molar-refractivity contribution in [1.82, 2.24) is 9.78 Å². The molecule has 2 N–H and O–H groups in total. The van der Waals surface area contributed by atoms with Crippen LogP contribution < -0.4 is 15.4 Å². The molecule has 88 valence electrons. The minimum Gasteiger partial charge on any atom is -0.474 e. The zero-order chi connectivity index (χ0) is 11.9. The molecule has 0 aliphatic carbocycles. The Hall–Kier alpha value is -1.56. The zero-order valence-corrected chi connectivity index (χ0v) is 9.67. The lowest BCUT2D eigenvalue weighted by molar-refractivity contribution is -0.119. The molecule has 2 rings (SSSR count). The first-order chi connectivity index (χ1) is 7.52. The van der Waals surface area contributed by atoms with Gasteiger partial charge in [0, 0.05) is 7.05 Å². The van der Waals surface area contributed by atoms with E-state index in [1.165, 1.54) is 4.90 Å². The highest BCUT2D eigenvalue weighted by Crippen LogP contribution is 2.31. The van der Waals surface area contributed by atoms with Gasteiger partial charge in [0.15, 0.2) is 0 Å². The number of aromatic nitrogens is 2. The Balaban J connectivity index is 2.45. The van der Waals surface area contributed by atoms with E-state index in [-0.39, 0.29) is 18.6 Å². The van der Waals surface area contributed by atoms with Crippen LogP contribution in [-0.2, 0) is 4.79 Å². The Morgan fingerprint density at radius 2 is 2.31 bits per heavy atom. The Labute approximate surface area is 94.0 Å². The molecule has 0 saturated heterocycles. The van der Waals surface area contributed by atoms with Crippen LogP contribution in [0.5, 0.6) is 5.88 Å². The number of rotatable bonds is 1. The van der Waals surface area contributed by atoms with Crippen LogP contribution in [0.4, 0.5) is 5.69 Å². The number of carbonyl (C=O) groups is 1. The fourth-order valence-corrected chi connectivity index (χ4v) is 1.69. The van der Waals surface area contributed by atoms with Gasteiger partial charge in [0.25, 0.3) is 0 Å². The summed E-state index contributed by atoms with van der Waals surface area (Å²) in [6.45, 7) is 4.20. The van der Waals surface area contributed by atoms with E-state index in [0.29, 0.717) is 11.6 Å². The van der Waals surface area contributed by atoms with Gasteiger partial charge in [-0.05, 0) is 13.8 Å². The van der Waals surface area contributed by atoms with Crippen LogP contribution in [0.1, 0.15) is 19.9 Å². The summed E-state index contributed by atoms with van der Waals surface area (Å²) in [7, 11) is 1.68. The fraction of sp³-hybridized carbons (Fsp3) is 0.600. The molecule has 16 heavy (non-hydrogen) atoms. The number of amides is 1. The van der Waals surface area contributed by atoms with Crippen molar-refractivity contribution in [2.45, 2.75) is 25.9 Å². The Morgan fingerprint density at radius 1 is 1.62 bits per heavy atom. The summed E-state index contributed by atoms with van der Waals surface area (Å²) in [5.41, 5.74) is 6.36. The van der Waals surface area contributed by atoms with Gasteiger partial charge in [-0.2, -0.15) is 5.10 Å². The zero-order valence-electron chi connectivity index (χ0n) is 9.67. The molecule has 1 aliphatic rings. The molecule has 1 aliphatic heterocycles. The molecule has 0 saturated carbocycles. The van der Waals surface area contributed by atoms with Crippen LogP contribution in [0.2, 0.25) is 0 Å². The molecule has 1 atom stereocenters. The molecule has 0 fully saturated rings. The van der Waals surface area contributed by atoms with Crippen LogP contribution >= 0.6 is 0 Å². The average Bonchev–Trinajstić information content (AvgIpc) is 2.63. The molecule has 6 heteroatoms. The molecule has 1 amide bonds. The van der Waals surface area contributed by atoms with Crippen molar-refractivity contribution < 1.29 is 9.53 Å². The van der Waals surface area contributed by atoms with Crippen molar-refractivity contribution in [3.8, 4) is 5.88 Å². The topological polar surface area (TPSA) is 73.4 Å². The van der Waals surface area contributed by atoms with Crippen LogP contribution in [-0.4, -0.2) is 35.4 Å². The van der Waals surface area contributed by atoms with E-state index in [1.807, 2.05) is 13.8 Å². The molecule has 1 unspecified atom stereocenters. The predicted molar refractivity (Wildman–Crippen MR) is 59.5 cm³/mol. The minimum absolute atomic E-state index is 0.151. The molecular weight excluding hydrogens is 208 g/mol. The minimum atomic E-state index is -0.613. The summed E-state index contributed by atoms with van der Waals surface area (Å²) in [5.74, 6) is 0.459. The van der Waals surface area contributed by atoms with Gasteiger partial charge >= 0.3 is 0 Å². The largest absolute Gasteiger partial charge is 0.474 e. The van der Waals surface area contributed by atoms with Gasteiger partial charge < -0.3 is 15.4 Å². The fourth-order valence-electron chi connectivity index (χ4n) is 1.69. The van der Waals surface area contributed by atoms with E-state index >= 15 is 0 Å². The second-order valence-corrected chi connectivity index (χ2v) is 4.19. The van der Waals surface area contributed by atoms with E-state index in [4.69, 9.17) is 10.5 Å².